The average molecular weight is 425 g/mol. The first kappa shape index (κ1) is 20.2. The Kier molecular flexibility index (Phi) is 5.59. The van der Waals surface area contributed by atoms with E-state index in [1.54, 1.807) is 36.5 Å². The average Bonchev–Trinajstić information content (AvgIpc) is 3.45. The molecule has 0 unspecified atom stereocenters. The van der Waals surface area contributed by atoms with Gasteiger partial charge in [0.2, 0.25) is 0 Å². The van der Waals surface area contributed by atoms with E-state index in [2.05, 4.69) is 10.4 Å². The van der Waals surface area contributed by atoms with E-state index < -0.39 is 10.0 Å². The summed E-state index contributed by atoms with van der Waals surface area (Å²) in [4.78, 5) is 12.8. The fraction of sp³-hybridized carbons (Fsp3) is 0.273. The van der Waals surface area contributed by atoms with Gasteiger partial charge in [-0.15, -0.1) is 0 Å². The van der Waals surface area contributed by atoms with Gasteiger partial charge in [-0.3, -0.25) is 9.10 Å². The minimum absolute atomic E-state index is 0.126. The Balaban J connectivity index is 1.50. The second-order valence-electron chi connectivity index (χ2n) is 7.39. The largest absolute Gasteiger partial charge is 0.307 e. The van der Waals surface area contributed by atoms with Gasteiger partial charge in [0.05, 0.1) is 22.8 Å². The molecule has 1 fully saturated rings. The Labute approximate surface area is 176 Å². The lowest BCUT2D eigenvalue weighted by Gasteiger charge is -2.19. The van der Waals surface area contributed by atoms with Crippen LogP contribution in [0.3, 0.4) is 0 Å². The van der Waals surface area contributed by atoms with Crippen molar-refractivity contribution >= 4 is 27.4 Å². The molecule has 1 aliphatic rings. The molecule has 8 heteroatoms. The summed E-state index contributed by atoms with van der Waals surface area (Å²) < 4.78 is 28.8. The number of anilines is 2. The highest BCUT2D eigenvalue weighted by atomic mass is 32.2. The Bertz CT molecular complexity index is 1120. The number of nitrogens with one attached hydrogen (secondary N) is 1. The zero-order valence-corrected chi connectivity index (χ0v) is 17.5. The summed E-state index contributed by atoms with van der Waals surface area (Å²) in [6.07, 6.45) is 6.15. The predicted octanol–water partition coefficient (Wildman–Crippen LogP) is 4.08. The number of benzene rings is 2. The van der Waals surface area contributed by atoms with Crippen LogP contribution in [0, 0.1) is 0 Å². The molecule has 0 aliphatic heterocycles. The van der Waals surface area contributed by atoms with E-state index in [-0.39, 0.29) is 10.8 Å². The number of rotatable bonds is 6. The van der Waals surface area contributed by atoms with Gasteiger partial charge in [0.1, 0.15) is 5.82 Å². The molecule has 2 aromatic carbocycles. The number of hydrogen-bond acceptors (Lipinski definition) is 4. The topological polar surface area (TPSA) is 84.3 Å². The van der Waals surface area contributed by atoms with Crippen LogP contribution in [0.1, 0.15) is 42.1 Å². The van der Waals surface area contributed by atoms with Crippen molar-refractivity contribution in [2.45, 2.75) is 36.6 Å². The fourth-order valence-corrected chi connectivity index (χ4v) is 4.95. The van der Waals surface area contributed by atoms with Gasteiger partial charge in [0.25, 0.3) is 15.9 Å². The molecule has 4 rings (SSSR count). The normalized spacial score (nSPS) is 14.6. The summed E-state index contributed by atoms with van der Waals surface area (Å²) in [7, 11) is -2.21. The van der Waals surface area contributed by atoms with Gasteiger partial charge in [-0.25, -0.2) is 13.1 Å². The molecular weight excluding hydrogens is 400 g/mol. The number of sulfonamides is 1. The number of para-hydroxylation sites is 1. The number of carbonyl (C=O) groups is 1. The van der Waals surface area contributed by atoms with Crippen molar-refractivity contribution in [1.82, 2.24) is 9.78 Å². The molecule has 7 nitrogen and oxygen atoms in total. The van der Waals surface area contributed by atoms with Crippen molar-refractivity contribution in [3.8, 4) is 0 Å². The Hall–Kier alpha value is -3.13. The third-order valence-corrected chi connectivity index (χ3v) is 7.28. The first-order valence-corrected chi connectivity index (χ1v) is 11.4. The molecule has 1 aliphatic carbocycles. The lowest BCUT2D eigenvalue weighted by Crippen LogP contribution is -2.26. The summed E-state index contributed by atoms with van der Waals surface area (Å²) in [5.41, 5.74) is 0.954. The standard InChI is InChI=1S/C22H24N4O3S/c1-25(18-7-3-2-4-8-18)30(28,29)20-13-11-17(12-14-20)22(27)24-21-15-16-23-26(21)19-9-5-6-10-19/h2-4,7-8,11-16,19H,5-6,9-10H2,1H3,(H,24,27). The second kappa shape index (κ2) is 8.31. The van der Waals surface area contributed by atoms with Crippen molar-refractivity contribution in [2.24, 2.45) is 0 Å². The zero-order chi connectivity index (χ0) is 21.1. The summed E-state index contributed by atoms with van der Waals surface area (Å²) in [5.74, 6) is 0.363. The quantitative estimate of drug-likeness (QED) is 0.646. The highest BCUT2D eigenvalue weighted by Gasteiger charge is 2.23. The van der Waals surface area contributed by atoms with Crippen LogP contribution in [0.2, 0.25) is 0 Å². The minimum atomic E-state index is -3.71. The molecule has 1 amide bonds. The summed E-state index contributed by atoms with van der Waals surface area (Å²) >= 11 is 0. The first-order chi connectivity index (χ1) is 14.5. The maximum atomic E-state index is 12.9. The number of carbonyl (C=O) groups excluding carboxylic acids is 1. The molecule has 1 saturated carbocycles. The van der Waals surface area contributed by atoms with E-state index in [4.69, 9.17) is 0 Å². The molecule has 0 radical (unpaired) electrons. The number of amides is 1. The summed E-state index contributed by atoms with van der Waals surface area (Å²) in [6.45, 7) is 0. The van der Waals surface area contributed by atoms with Crippen LogP contribution in [-0.2, 0) is 10.0 Å². The Morgan fingerprint density at radius 1 is 1.03 bits per heavy atom. The SMILES string of the molecule is CN(c1ccccc1)S(=O)(=O)c1ccc(C(=O)Nc2ccnn2C2CCCC2)cc1. The van der Waals surface area contributed by atoms with Crippen LogP contribution in [-0.4, -0.2) is 31.2 Å². The third kappa shape index (κ3) is 3.95. The molecule has 0 saturated heterocycles. The number of nitrogens with zero attached hydrogens (tertiary/aromatic N) is 3. The highest BCUT2D eigenvalue weighted by molar-refractivity contribution is 7.92. The first-order valence-electron chi connectivity index (χ1n) is 9.96. The molecule has 1 N–H and O–H groups in total. The van der Waals surface area contributed by atoms with Crippen molar-refractivity contribution in [2.75, 3.05) is 16.7 Å². The van der Waals surface area contributed by atoms with Crippen molar-refractivity contribution < 1.29 is 13.2 Å². The van der Waals surface area contributed by atoms with Crippen LogP contribution in [0.15, 0.2) is 71.8 Å². The molecule has 1 heterocycles. The zero-order valence-electron chi connectivity index (χ0n) is 16.7. The molecular formula is C22H24N4O3S. The van der Waals surface area contributed by atoms with Gasteiger partial charge in [0, 0.05) is 18.7 Å². The monoisotopic (exact) mass is 424 g/mol. The van der Waals surface area contributed by atoms with Gasteiger partial charge < -0.3 is 5.32 Å². The van der Waals surface area contributed by atoms with Gasteiger partial charge in [-0.05, 0) is 49.2 Å². The van der Waals surface area contributed by atoms with E-state index in [1.165, 1.54) is 48.5 Å². The Morgan fingerprint density at radius 3 is 2.37 bits per heavy atom. The third-order valence-electron chi connectivity index (χ3n) is 5.48. The van der Waals surface area contributed by atoms with E-state index in [0.29, 0.717) is 23.1 Å². The molecule has 156 valence electrons. The molecule has 0 spiro atoms. The minimum Gasteiger partial charge on any atom is -0.307 e. The van der Waals surface area contributed by atoms with Crippen molar-refractivity contribution in [3.63, 3.8) is 0 Å². The smallest absolute Gasteiger partial charge is 0.264 e. The lowest BCUT2D eigenvalue weighted by molar-refractivity contribution is 0.102. The van der Waals surface area contributed by atoms with Crippen LogP contribution >= 0.6 is 0 Å². The van der Waals surface area contributed by atoms with E-state index in [0.717, 1.165) is 12.8 Å². The van der Waals surface area contributed by atoms with Crippen LogP contribution in [0.5, 0.6) is 0 Å². The van der Waals surface area contributed by atoms with E-state index in [9.17, 15) is 13.2 Å². The van der Waals surface area contributed by atoms with Gasteiger partial charge in [-0.2, -0.15) is 5.10 Å². The molecule has 3 aromatic rings. The van der Waals surface area contributed by atoms with Gasteiger partial charge in [-0.1, -0.05) is 31.0 Å². The maximum Gasteiger partial charge on any atom is 0.264 e. The number of hydrogen-bond donors (Lipinski definition) is 1. The number of aromatic nitrogens is 2. The maximum absolute atomic E-state index is 12.9. The van der Waals surface area contributed by atoms with Gasteiger partial charge in [0.15, 0.2) is 0 Å². The van der Waals surface area contributed by atoms with Gasteiger partial charge >= 0.3 is 0 Å². The Morgan fingerprint density at radius 2 is 1.70 bits per heavy atom. The van der Waals surface area contributed by atoms with Crippen LogP contribution < -0.4 is 9.62 Å². The highest BCUT2D eigenvalue weighted by Crippen LogP contribution is 2.31. The summed E-state index contributed by atoms with van der Waals surface area (Å²) in [6, 6.07) is 16.9. The molecule has 0 atom stereocenters. The second-order valence-corrected chi connectivity index (χ2v) is 9.36. The van der Waals surface area contributed by atoms with Crippen LogP contribution in [0.4, 0.5) is 11.5 Å². The molecule has 30 heavy (non-hydrogen) atoms. The van der Waals surface area contributed by atoms with E-state index in [1.807, 2.05) is 10.7 Å². The summed E-state index contributed by atoms with van der Waals surface area (Å²) in [5, 5.41) is 7.25. The fourth-order valence-electron chi connectivity index (χ4n) is 3.75. The van der Waals surface area contributed by atoms with Crippen molar-refractivity contribution in [1.29, 1.82) is 0 Å². The van der Waals surface area contributed by atoms with E-state index >= 15 is 0 Å². The van der Waals surface area contributed by atoms with Crippen molar-refractivity contribution in [3.05, 3.63) is 72.4 Å². The molecule has 0 bridgehead atoms. The lowest BCUT2D eigenvalue weighted by atomic mass is 10.2. The van der Waals surface area contributed by atoms with Crippen LogP contribution in [0.25, 0.3) is 0 Å². The molecule has 1 aromatic heterocycles. The predicted molar refractivity (Wildman–Crippen MR) is 116 cm³/mol.